The highest BCUT2D eigenvalue weighted by atomic mass is 32.1. The first-order valence-electron chi connectivity index (χ1n) is 5.78. The summed E-state index contributed by atoms with van der Waals surface area (Å²) < 4.78 is 0. The van der Waals surface area contributed by atoms with E-state index >= 15 is 0 Å². The van der Waals surface area contributed by atoms with Gasteiger partial charge in [-0.2, -0.15) is 0 Å². The minimum absolute atomic E-state index is 0.162. The van der Waals surface area contributed by atoms with E-state index in [0.29, 0.717) is 6.04 Å². The lowest BCUT2D eigenvalue weighted by molar-refractivity contribution is 0.0729. The summed E-state index contributed by atoms with van der Waals surface area (Å²) in [6.07, 6.45) is 3.89. The minimum atomic E-state index is 0.162. The summed E-state index contributed by atoms with van der Waals surface area (Å²) in [4.78, 5) is 15.0. The quantitative estimate of drug-likeness (QED) is 0.874. The lowest BCUT2D eigenvalue weighted by atomic mass is 10.1. The van der Waals surface area contributed by atoms with E-state index in [1.807, 2.05) is 22.4 Å². The fourth-order valence-electron chi connectivity index (χ4n) is 2.27. The molecule has 0 saturated carbocycles. The van der Waals surface area contributed by atoms with Crippen LogP contribution < -0.4 is 0 Å². The first-order valence-corrected chi connectivity index (χ1v) is 6.66. The van der Waals surface area contributed by atoms with Crippen molar-refractivity contribution in [1.82, 2.24) is 4.90 Å². The van der Waals surface area contributed by atoms with Gasteiger partial charge < -0.3 is 10.0 Å². The van der Waals surface area contributed by atoms with Crippen LogP contribution in [0.1, 0.15) is 35.4 Å². The van der Waals surface area contributed by atoms with E-state index < -0.39 is 0 Å². The Balaban J connectivity index is 1.99. The van der Waals surface area contributed by atoms with Gasteiger partial charge in [0.2, 0.25) is 0 Å². The average Bonchev–Trinajstić information content (AvgIpc) is 2.96. The Bertz CT molecular complexity index is 337. The third-order valence-corrected chi connectivity index (χ3v) is 3.92. The Hall–Kier alpha value is -0.870. The van der Waals surface area contributed by atoms with Gasteiger partial charge in [-0.1, -0.05) is 6.07 Å². The number of amides is 1. The van der Waals surface area contributed by atoms with E-state index in [2.05, 4.69) is 0 Å². The van der Waals surface area contributed by atoms with Crippen molar-refractivity contribution in [1.29, 1.82) is 0 Å². The highest BCUT2D eigenvalue weighted by molar-refractivity contribution is 7.12. The molecular formula is C12H17NO2S. The van der Waals surface area contributed by atoms with Crippen molar-refractivity contribution in [3.05, 3.63) is 22.4 Å². The van der Waals surface area contributed by atoms with Gasteiger partial charge in [0.25, 0.3) is 5.91 Å². The molecule has 1 aromatic rings. The largest absolute Gasteiger partial charge is 0.396 e. The van der Waals surface area contributed by atoms with Crippen LogP contribution in [0, 0.1) is 0 Å². The molecule has 2 heterocycles. The number of thiophene rings is 1. The van der Waals surface area contributed by atoms with Gasteiger partial charge >= 0.3 is 0 Å². The van der Waals surface area contributed by atoms with Gasteiger partial charge in [-0.05, 0) is 37.1 Å². The lowest BCUT2D eigenvalue weighted by Gasteiger charge is -2.23. The Morgan fingerprint density at radius 3 is 3.19 bits per heavy atom. The van der Waals surface area contributed by atoms with Crippen molar-refractivity contribution < 1.29 is 9.90 Å². The zero-order valence-corrected chi connectivity index (χ0v) is 10.1. The molecule has 1 fully saturated rings. The molecule has 1 aliphatic rings. The molecule has 0 aliphatic carbocycles. The fraction of sp³-hybridized carbons (Fsp3) is 0.583. The third-order valence-electron chi connectivity index (χ3n) is 3.07. The monoisotopic (exact) mass is 239 g/mol. The van der Waals surface area contributed by atoms with Gasteiger partial charge in [-0.15, -0.1) is 11.3 Å². The smallest absolute Gasteiger partial charge is 0.264 e. The Kier molecular flexibility index (Phi) is 3.96. The van der Waals surface area contributed by atoms with Crippen LogP contribution in [0.15, 0.2) is 17.5 Å². The van der Waals surface area contributed by atoms with Crippen molar-refractivity contribution in [3.8, 4) is 0 Å². The molecule has 1 N–H and O–H groups in total. The highest BCUT2D eigenvalue weighted by Crippen LogP contribution is 2.24. The van der Waals surface area contributed by atoms with Crippen LogP contribution in [-0.4, -0.2) is 35.1 Å². The molecule has 16 heavy (non-hydrogen) atoms. The van der Waals surface area contributed by atoms with E-state index in [9.17, 15) is 4.79 Å². The number of carbonyl (C=O) groups excluding carboxylic acids is 1. The summed E-state index contributed by atoms with van der Waals surface area (Å²) in [5.41, 5.74) is 0. The first kappa shape index (κ1) is 11.6. The van der Waals surface area contributed by atoms with Gasteiger partial charge in [-0.3, -0.25) is 4.79 Å². The number of hydrogen-bond acceptors (Lipinski definition) is 3. The highest BCUT2D eigenvalue weighted by Gasteiger charge is 2.29. The molecule has 0 radical (unpaired) electrons. The lowest BCUT2D eigenvalue weighted by Crippen LogP contribution is -2.35. The standard InChI is InChI=1S/C12H17NO2S/c14-8-2-5-10-4-1-7-13(10)12(15)11-6-3-9-16-11/h3,6,9-10,14H,1-2,4-5,7-8H2. The van der Waals surface area contributed by atoms with E-state index in [1.54, 1.807) is 0 Å². The predicted octanol–water partition coefficient (Wildman–Crippen LogP) is 2.13. The number of aliphatic hydroxyl groups is 1. The Labute approximate surface area is 99.7 Å². The summed E-state index contributed by atoms with van der Waals surface area (Å²) in [5, 5.41) is 10.8. The van der Waals surface area contributed by atoms with Crippen LogP contribution in [0.3, 0.4) is 0 Å². The summed E-state index contributed by atoms with van der Waals surface area (Å²) in [6.45, 7) is 1.09. The maximum Gasteiger partial charge on any atom is 0.264 e. The van der Waals surface area contributed by atoms with Crippen LogP contribution in [0.4, 0.5) is 0 Å². The molecule has 0 bridgehead atoms. The van der Waals surface area contributed by atoms with Gasteiger partial charge in [0.15, 0.2) is 0 Å². The van der Waals surface area contributed by atoms with Gasteiger partial charge in [0.05, 0.1) is 4.88 Å². The molecule has 3 nitrogen and oxygen atoms in total. The Morgan fingerprint density at radius 2 is 2.50 bits per heavy atom. The van der Waals surface area contributed by atoms with E-state index in [1.165, 1.54) is 11.3 Å². The predicted molar refractivity (Wildman–Crippen MR) is 64.7 cm³/mol. The molecule has 1 unspecified atom stereocenters. The molecule has 1 atom stereocenters. The number of nitrogens with zero attached hydrogens (tertiary/aromatic N) is 1. The van der Waals surface area contributed by atoms with E-state index in [-0.39, 0.29) is 12.5 Å². The zero-order valence-electron chi connectivity index (χ0n) is 9.26. The minimum Gasteiger partial charge on any atom is -0.396 e. The second-order valence-electron chi connectivity index (χ2n) is 4.14. The SMILES string of the molecule is O=C(c1cccs1)N1CCCC1CCCO. The molecule has 4 heteroatoms. The van der Waals surface area contributed by atoms with Crippen molar-refractivity contribution in [2.24, 2.45) is 0 Å². The molecule has 0 spiro atoms. The van der Waals surface area contributed by atoms with E-state index in [0.717, 1.165) is 37.1 Å². The van der Waals surface area contributed by atoms with E-state index in [4.69, 9.17) is 5.11 Å². The van der Waals surface area contributed by atoms with Crippen molar-refractivity contribution in [3.63, 3.8) is 0 Å². The second-order valence-corrected chi connectivity index (χ2v) is 5.09. The average molecular weight is 239 g/mol. The molecule has 1 aliphatic heterocycles. The molecule has 1 amide bonds. The van der Waals surface area contributed by atoms with Crippen LogP contribution >= 0.6 is 11.3 Å². The van der Waals surface area contributed by atoms with Crippen LogP contribution in [0.2, 0.25) is 0 Å². The summed E-state index contributed by atoms with van der Waals surface area (Å²) in [6, 6.07) is 4.13. The van der Waals surface area contributed by atoms with Crippen LogP contribution in [-0.2, 0) is 0 Å². The van der Waals surface area contributed by atoms with Gasteiger partial charge in [-0.25, -0.2) is 0 Å². The summed E-state index contributed by atoms with van der Waals surface area (Å²) >= 11 is 1.50. The first-order chi connectivity index (χ1) is 7.83. The zero-order chi connectivity index (χ0) is 11.4. The molecule has 0 aromatic carbocycles. The molecule has 88 valence electrons. The van der Waals surface area contributed by atoms with Crippen LogP contribution in [0.25, 0.3) is 0 Å². The fourth-order valence-corrected chi connectivity index (χ4v) is 2.95. The Morgan fingerprint density at radius 1 is 1.62 bits per heavy atom. The molecule has 1 aromatic heterocycles. The molecule has 1 saturated heterocycles. The topological polar surface area (TPSA) is 40.5 Å². The summed E-state index contributed by atoms with van der Waals surface area (Å²) in [7, 11) is 0. The van der Waals surface area contributed by atoms with Crippen LogP contribution in [0.5, 0.6) is 0 Å². The van der Waals surface area contributed by atoms with Crippen molar-refractivity contribution >= 4 is 17.2 Å². The third kappa shape index (κ3) is 2.44. The number of carbonyl (C=O) groups is 1. The normalized spacial score (nSPS) is 20.3. The van der Waals surface area contributed by atoms with Crippen molar-refractivity contribution in [2.75, 3.05) is 13.2 Å². The number of hydrogen-bond donors (Lipinski definition) is 1. The maximum absolute atomic E-state index is 12.2. The van der Waals surface area contributed by atoms with Crippen molar-refractivity contribution in [2.45, 2.75) is 31.7 Å². The second kappa shape index (κ2) is 5.46. The van der Waals surface area contributed by atoms with Gasteiger partial charge in [0, 0.05) is 19.2 Å². The molecule has 2 rings (SSSR count). The number of aliphatic hydroxyl groups excluding tert-OH is 1. The molecular weight excluding hydrogens is 222 g/mol. The number of rotatable bonds is 4. The summed E-state index contributed by atoms with van der Waals surface area (Å²) in [5.74, 6) is 0.162. The van der Waals surface area contributed by atoms with Gasteiger partial charge in [0.1, 0.15) is 0 Å². The number of likely N-dealkylation sites (tertiary alicyclic amines) is 1. The maximum atomic E-state index is 12.2.